The number of likely N-dealkylation sites (tertiary alicyclic amines) is 1. The van der Waals surface area contributed by atoms with Crippen molar-refractivity contribution in [2.24, 2.45) is 5.92 Å². The minimum absolute atomic E-state index is 0.131. The largest absolute Gasteiger partial charge is 0.340 e. The zero-order chi connectivity index (χ0) is 16.4. The topological polar surface area (TPSA) is 65.8 Å². The summed E-state index contributed by atoms with van der Waals surface area (Å²) < 4.78 is 1.95. The summed E-state index contributed by atoms with van der Waals surface area (Å²) in [6, 6.07) is 1.90. The molecule has 0 spiro atoms. The fourth-order valence-electron chi connectivity index (χ4n) is 3.73. The van der Waals surface area contributed by atoms with E-state index in [-0.39, 0.29) is 5.92 Å². The van der Waals surface area contributed by atoms with Gasteiger partial charge in [-0.3, -0.25) is 14.1 Å². The van der Waals surface area contributed by atoms with Crippen LogP contribution in [-0.4, -0.2) is 69.3 Å². The lowest BCUT2D eigenvalue weighted by molar-refractivity contribution is -0.138. The number of imidazole rings is 1. The molecule has 24 heavy (non-hydrogen) atoms. The van der Waals surface area contributed by atoms with Gasteiger partial charge in [-0.2, -0.15) is 0 Å². The Morgan fingerprint density at radius 3 is 3.00 bits per heavy atom. The van der Waals surface area contributed by atoms with E-state index in [0.29, 0.717) is 5.91 Å². The first-order chi connectivity index (χ1) is 11.8. The highest BCUT2D eigenvalue weighted by molar-refractivity contribution is 5.79. The zero-order valence-corrected chi connectivity index (χ0v) is 13.9. The second kappa shape index (κ2) is 6.86. The summed E-state index contributed by atoms with van der Waals surface area (Å²) in [5, 5.41) is 3.31. The monoisotopic (exact) mass is 328 g/mol. The number of nitrogens with one attached hydrogen (secondary N) is 1. The Bertz CT molecular complexity index is 675. The van der Waals surface area contributed by atoms with E-state index in [1.54, 1.807) is 6.20 Å². The molecule has 1 amide bonds. The minimum atomic E-state index is 0.131. The van der Waals surface area contributed by atoms with E-state index in [4.69, 9.17) is 0 Å². The number of piperazine rings is 1. The number of hydrogen-bond acceptors (Lipinski definition) is 5. The Kier molecular flexibility index (Phi) is 4.44. The Morgan fingerprint density at radius 2 is 2.17 bits per heavy atom. The fourth-order valence-corrected chi connectivity index (χ4v) is 3.73. The van der Waals surface area contributed by atoms with Crippen LogP contribution in [0.5, 0.6) is 0 Å². The van der Waals surface area contributed by atoms with Crippen molar-refractivity contribution in [2.45, 2.75) is 19.4 Å². The van der Waals surface area contributed by atoms with Gasteiger partial charge in [-0.25, -0.2) is 9.97 Å². The molecule has 0 aliphatic carbocycles. The van der Waals surface area contributed by atoms with Crippen molar-refractivity contribution < 1.29 is 4.79 Å². The maximum atomic E-state index is 12.7. The fraction of sp³-hybridized carbons (Fsp3) is 0.588. The van der Waals surface area contributed by atoms with Gasteiger partial charge in [0.2, 0.25) is 11.7 Å². The average Bonchev–Trinajstić information content (AvgIpc) is 3.04. The van der Waals surface area contributed by atoms with Crippen LogP contribution in [-0.2, 0) is 11.3 Å². The number of piperidine rings is 1. The molecule has 2 aromatic heterocycles. The molecule has 2 aromatic rings. The van der Waals surface area contributed by atoms with Crippen LogP contribution in [0.1, 0.15) is 18.5 Å². The van der Waals surface area contributed by atoms with Crippen molar-refractivity contribution in [3.8, 4) is 0 Å². The van der Waals surface area contributed by atoms with Gasteiger partial charge in [-0.15, -0.1) is 0 Å². The van der Waals surface area contributed by atoms with Crippen LogP contribution in [0, 0.1) is 5.92 Å². The molecule has 2 saturated heterocycles. The molecule has 4 rings (SSSR count). The van der Waals surface area contributed by atoms with Crippen LogP contribution in [0.3, 0.4) is 0 Å². The molecule has 2 fully saturated rings. The number of hydrogen-bond donors (Lipinski definition) is 1. The number of nitrogens with zero attached hydrogens (tertiary/aromatic N) is 5. The molecule has 4 heterocycles. The first-order valence-corrected chi connectivity index (χ1v) is 8.80. The predicted octanol–water partition coefficient (Wildman–Crippen LogP) is 0.373. The Labute approximate surface area is 141 Å². The lowest BCUT2D eigenvalue weighted by atomic mass is 9.96. The normalized spacial score (nSPS) is 22.8. The maximum absolute atomic E-state index is 12.7. The lowest BCUT2D eigenvalue weighted by Crippen LogP contribution is -2.51. The third-order valence-electron chi connectivity index (χ3n) is 4.95. The second-order valence-electron chi connectivity index (χ2n) is 6.71. The number of rotatable bonds is 3. The van der Waals surface area contributed by atoms with Gasteiger partial charge in [0, 0.05) is 57.9 Å². The third-order valence-corrected chi connectivity index (χ3v) is 4.95. The van der Waals surface area contributed by atoms with Crippen molar-refractivity contribution >= 4 is 11.7 Å². The van der Waals surface area contributed by atoms with E-state index in [9.17, 15) is 4.79 Å². The van der Waals surface area contributed by atoms with Gasteiger partial charge in [0.25, 0.3) is 0 Å². The maximum Gasteiger partial charge on any atom is 0.233 e. The summed E-state index contributed by atoms with van der Waals surface area (Å²) in [6.45, 7) is 6.17. The van der Waals surface area contributed by atoms with Crippen molar-refractivity contribution in [2.75, 3.05) is 39.3 Å². The molecular formula is C17H24N6O. The smallest absolute Gasteiger partial charge is 0.233 e. The summed E-state index contributed by atoms with van der Waals surface area (Å²) in [5.41, 5.74) is 1.02. The van der Waals surface area contributed by atoms with Crippen LogP contribution >= 0.6 is 0 Å². The number of aromatic nitrogens is 3. The van der Waals surface area contributed by atoms with Crippen molar-refractivity contribution in [3.63, 3.8) is 0 Å². The molecule has 7 nitrogen and oxygen atoms in total. The van der Waals surface area contributed by atoms with Gasteiger partial charge in [0.05, 0.1) is 11.6 Å². The van der Waals surface area contributed by atoms with Crippen LogP contribution in [0.25, 0.3) is 5.78 Å². The molecule has 2 aliphatic heterocycles. The first-order valence-electron chi connectivity index (χ1n) is 8.80. The number of amides is 1. The third kappa shape index (κ3) is 3.27. The lowest BCUT2D eigenvalue weighted by Gasteiger charge is -2.36. The van der Waals surface area contributed by atoms with E-state index in [1.807, 2.05) is 27.8 Å². The van der Waals surface area contributed by atoms with Crippen molar-refractivity contribution in [3.05, 3.63) is 30.4 Å². The minimum Gasteiger partial charge on any atom is -0.340 e. The molecular weight excluding hydrogens is 304 g/mol. The molecule has 2 aliphatic rings. The highest BCUT2D eigenvalue weighted by atomic mass is 16.2. The van der Waals surface area contributed by atoms with Gasteiger partial charge in [-0.05, 0) is 25.5 Å². The predicted molar refractivity (Wildman–Crippen MR) is 90.4 cm³/mol. The molecule has 0 radical (unpaired) electrons. The highest BCUT2D eigenvalue weighted by Gasteiger charge is 2.30. The highest BCUT2D eigenvalue weighted by Crippen LogP contribution is 2.21. The summed E-state index contributed by atoms with van der Waals surface area (Å²) in [6.07, 6.45) is 7.84. The van der Waals surface area contributed by atoms with E-state index in [1.165, 1.54) is 0 Å². The average molecular weight is 328 g/mol. The Hall–Kier alpha value is -1.99. The second-order valence-corrected chi connectivity index (χ2v) is 6.71. The van der Waals surface area contributed by atoms with E-state index in [0.717, 1.165) is 70.1 Å². The molecule has 1 atom stereocenters. The molecule has 1 unspecified atom stereocenters. The molecule has 7 heteroatoms. The molecule has 0 saturated carbocycles. The number of carbonyl (C=O) groups excluding carboxylic acids is 1. The van der Waals surface area contributed by atoms with Gasteiger partial charge >= 0.3 is 0 Å². The zero-order valence-electron chi connectivity index (χ0n) is 13.9. The Morgan fingerprint density at radius 1 is 1.29 bits per heavy atom. The number of fused-ring (bicyclic) bond motifs is 1. The summed E-state index contributed by atoms with van der Waals surface area (Å²) in [4.78, 5) is 26.0. The Balaban J connectivity index is 1.40. The summed E-state index contributed by atoms with van der Waals surface area (Å²) in [5.74, 6) is 1.20. The molecule has 0 bridgehead atoms. The molecule has 1 N–H and O–H groups in total. The van der Waals surface area contributed by atoms with E-state index >= 15 is 0 Å². The van der Waals surface area contributed by atoms with E-state index < -0.39 is 0 Å². The summed E-state index contributed by atoms with van der Waals surface area (Å²) in [7, 11) is 0. The van der Waals surface area contributed by atoms with Crippen LogP contribution in [0.2, 0.25) is 0 Å². The van der Waals surface area contributed by atoms with Gasteiger partial charge in [0.1, 0.15) is 0 Å². The first kappa shape index (κ1) is 15.5. The van der Waals surface area contributed by atoms with Gasteiger partial charge in [0.15, 0.2) is 0 Å². The van der Waals surface area contributed by atoms with Crippen LogP contribution in [0.15, 0.2) is 24.7 Å². The SMILES string of the molecule is O=C(C1CCCN(Cc2cn3cccnc3n2)C1)N1CCNCC1. The van der Waals surface area contributed by atoms with Crippen molar-refractivity contribution in [1.82, 2.24) is 29.5 Å². The molecule has 0 aromatic carbocycles. The molecule has 128 valence electrons. The quantitative estimate of drug-likeness (QED) is 0.882. The van der Waals surface area contributed by atoms with Gasteiger partial charge in [-0.1, -0.05) is 0 Å². The number of carbonyl (C=O) groups is 1. The van der Waals surface area contributed by atoms with E-state index in [2.05, 4.69) is 20.2 Å². The van der Waals surface area contributed by atoms with Crippen molar-refractivity contribution in [1.29, 1.82) is 0 Å². The summed E-state index contributed by atoms with van der Waals surface area (Å²) >= 11 is 0. The van der Waals surface area contributed by atoms with Crippen LogP contribution < -0.4 is 5.32 Å². The van der Waals surface area contributed by atoms with Gasteiger partial charge < -0.3 is 10.2 Å². The standard InChI is InChI=1S/C17H24N6O/c24-16(22-9-5-18-6-10-22)14-3-1-7-21(11-14)12-15-13-23-8-2-4-19-17(23)20-15/h2,4,8,13-14,18H,1,3,5-7,9-12H2. The van der Waals surface area contributed by atoms with Crippen LogP contribution in [0.4, 0.5) is 0 Å².